The highest BCUT2D eigenvalue weighted by atomic mass is 16.5. The van der Waals surface area contributed by atoms with E-state index in [2.05, 4.69) is 12.4 Å². The zero-order valence-corrected chi connectivity index (χ0v) is 15.8. The minimum absolute atomic E-state index is 0.0506. The van der Waals surface area contributed by atoms with E-state index in [9.17, 15) is 9.59 Å². The molecule has 1 fully saturated rings. The van der Waals surface area contributed by atoms with E-state index in [1.807, 2.05) is 13.8 Å². The lowest BCUT2D eigenvalue weighted by Gasteiger charge is -2.36. The molecular formula is C19H29N2O4+. The van der Waals surface area contributed by atoms with Crippen molar-refractivity contribution in [2.75, 3.05) is 39.7 Å². The summed E-state index contributed by atoms with van der Waals surface area (Å²) in [6.45, 7) is 5.90. The highest BCUT2D eigenvalue weighted by molar-refractivity contribution is 6.03. The van der Waals surface area contributed by atoms with Crippen molar-refractivity contribution in [2.24, 2.45) is 0 Å². The number of hydrogen-bond donors (Lipinski definition) is 1. The number of aryl methyl sites for hydroxylation is 1. The number of likely N-dealkylation sites (N-methyl/N-ethyl adjacent to an activating group) is 1. The van der Waals surface area contributed by atoms with Crippen LogP contribution in [-0.2, 0) is 9.53 Å². The molecule has 25 heavy (non-hydrogen) atoms. The van der Waals surface area contributed by atoms with Crippen molar-refractivity contribution < 1.29 is 23.5 Å². The van der Waals surface area contributed by atoms with Crippen LogP contribution in [0.3, 0.4) is 0 Å². The number of quaternary nitrogens is 1. The van der Waals surface area contributed by atoms with Gasteiger partial charge >= 0.3 is 5.97 Å². The molecule has 2 rings (SSSR count). The van der Waals surface area contributed by atoms with E-state index in [4.69, 9.17) is 9.47 Å². The van der Waals surface area contributed by atoms with Crippen molar-refractivity contribution in [2.45, 2.75) is 39.2 Å². The van der Waals surface area contributed by atoms with Gasteiger partial charge in [-0.05, 0) is 24.6 Å². The highest BCUT2D eigenvalue weighted by Crippen LogP contribution is 2.29. The average Bonchev–Trinajstić information content (AvgIpc) is 3.03. The average molecular weight is 349 g/mol. The molecule has 138 valence electrons. The number of hydrogen-bond acceptors (Lipinski definition) is 4. The minimum Gasteiger partial charge on any atom is -0.497 e. The molecule has 0 spiro atoms. The van der Waals surface area contributed by atoms with Crippen LogP contribution in [0.15, 0.2) is 12.1 Å². The van der Waals surface area contributed by atoms with Crippen LogP contribution in [0.1, 0.15) is 42.1 Å². The Hall–Kier alpha value is -2.08. The molecule has 1 N–H and O–H groups in total. The van der Waals surface area contributed by atoms with Crippen LogP contribution in [-0.4, -0.2) is 56.8 Å². The first kappa shape index (κ1) is 19.2. The maximum absolute atomic E-state index is 13.0. The van der Waals surface area contributed by atoms with Crippen molar-refractivity contribution in [3.05, 3.63) is 23.3 Å². The van der Waals surface area contributed by atoms with Gasteiger partial charge in [-0.25, -0.2) is 4.79 Å². The van der Waals surface area contributed by atoms with E-state index in [1.165, 1.54) is 7.11 Å². The molecule has 1 saturated heterocycles. The van der Waals surface area contributed by atoms with Crippen molar-refractivity contribution >= 4 is 17.6 Å². The fourth-order valence-electron chi connectivity index (χ4n) is 3.79. The molecule has 1 aliphatic heterocycles. The van der Waals surface area contributed by atoms with Crippen molar-refractivity contribution in [3.8, 4) is 5.75 Å². The monoisotopic (exact) mass is 349 g/mol. The van der Waals surface area contributed by atoms with Gasteiger partial charge in [0, 0.05) is 19.3 Å². The number of amides is 1. The van der Waals surface area contributed by atoms with E-state index in [0.29, 0.717) is 17.0 Å². The summed E-state index contributed by atoms with van der Waals surface area (Å²) in [5.41, 5.74) is 1.58. The lowest BCUT2D eigenvalue weighted by Crippen LogP contribution is -2.55. The van der Waals surface area contributed by atoms with Gasteiger partial charge < -0.3 is 19.3 Å². The summed E-state index contributed by atoms with van der Waals surface area (Å²) >= 11 is 0. The third-order valence-electron chi connectivity index (χ3n) is 5.23. The van der Waals surface area contributed by atoms with Crippen molar-refractivity contribution in [1.29, 1.82) is 0 Å². The number of rotatable bonds is 6. The van der Waals surface area contributed by atoms with E-state index >= 15 is 0 Å². The maximum atomic E-state index is 13.0. The number of carbonyl (C=O) groups is 2. The lowest BCUT2D eigenvalue weighted by atomic mass is 10.1. The van der Waals surface area contributed by atoms with E-state index in [-0.39, 0.29) is 11.9 Å². The van der Waals surface area contributed by atoms with Crippen LogP contribution < -0.4 is 10.1 Å². The van der Waals surface area contributed by atoms with Crippen LogP contribution in [0.2, 0.25) is 0 Å². The van der Waals surface area contributed by atoms with Gasteiger partial charge in [0.1, 0.15) is 5.75 Å². The molecule has 0 bridgehead atoms. The van der Waals surface area contributed by atoms with Gasteiger partial charge in [-0.2, -0.15) is 0 Å². The Morgan fingerprint density at radius 2 is 1.88 bits per heavy atom. The van der Waals surface area contributed by atoms with Crippen LogP contribution in [0.4, 0.5) is 5.69 Å². The van der Waals surface area contributed by atoms with Gasteiger partial charge in [0.25, 0.3) is 5.91 Å². The third kappa shape index (κ3) is 3.95. The molecule has 0 aliphatic carbocycles. The lowest BCUT2D eigenvalue weighted by molar-refractivity contribution is -0.913. The number of ether oxygens (including phenoxy) is 2. The standard InChI is InChI=1S/C19H28N2O4/c1-6-16(21(3)9-7-8-10-21)18(22)20-17-13(2)11-14(24-4)12-15(17)19(23)25-5/h11-12,16H,6-10H2,1-5H3/p+1. The SMILES string of the molecule is CCC(C(=O)Nc1c(C)cc(OC)cc1C(=O)OC)[N+]1(C)CCCC1. The second kappa shape index (κ2) is 7.87. The van der Waals surface area contributed by atoms with Gasteiger partial charge in [0.15, 0.2) is 6.04 Å². The molecule has 0 saturated carbocycles. The predicted octanol–water partition coefficient (Wildman–Crippen LogP) is 2.75. The van der Waals surface area contributed by atoms with E-state index < -0.39 is 5.97 Å². The number of nitrogens with zero attached hydrogens (tertiary/aromatic N) is 1. The third-order valence-corrected chi connectivity index (χ3v) is 5.23. The Bertz CT molecular complexity index is 651. The van der Waals surface area contributed by atoms with Gasteiger partial charge in [-0.1, -0.05) is 6.92 Å². The fourth-order valence-corrected chi connectivity index (χ4v) is 3.79. The number of carbonyl (C=O) groups excluding carboxylic acids is 2. The molecule has 1 atom stereocenters. The Morgan fingerprint density at radius 1 is 1.24 bits per heavy atom. The number of methoxy groups -OCH3 is 2. The summed E-state index contributed by atoms with van der Waals surface area (Å²) in [6.07, 6.45) is 3.05. The van der Waals surface area contributed by atoms with E-state index in [0.717, 1.165) is 42.4 Å². The molecule has 6 nitrogen and oxygen atoms in total. The minimum atomic E-state index is -0.494. The summed E-state index contributed by atoms with van der Waals surface area (Å²) in [7, 11) is 5.01. The molecule has 0 radical (unpaired) electrons. The zero-order chi connectivity index (χ0) is 18.6. The first-order chi connectivity index (χ1) is 11.9. The largest absolute Gasteiger partial charge is 0.497 e. The summed E-state index contributed by atoms with van der Waals surface area (Å²) in [5, 5.41) is 2.99. The van der Waals surface area contributed by atoms with Crippen LogP contribution in [0, 0.1) is 6.92 Å². The van der Waals surface area contributed by atoms with Crippen molar-refractivity contribution in [3.63, 3.8) is 0 Å². The fraction of sp³-hybridized carbons (Fsp3) is 0.579. The molecule has 0 aromatic heterocycles. The number of likely N-dealkylation sites (tertiary alicyclic amines) is 1. The smallest absolute Gasteiger partial charge is 0.340 e. The number of esters is 1. The number of nitrogens with one attached hydrogen (secondary N) is 1. The molecule has 1 unspecified atom stereocenters. The highest BCUT2D eigenvalue weighted by Gasteiger charge is 2.39. The molecule has 6 heteroatoms. The second-order valence-corrected chi connectivity index (χ2v) is 6.91. The Morgan fingerprint density at radius 3 is 2.40 bits per heavy atom. The topological polar surface area (TPSA) is 64.6 Å². The van der Waals surface area contributed by atoms with E-state index in [1.54, 1.807) is 19.2 Å². The normalized spacial score (nSPS) is 17.0. The first-order valence-electron chi connectivity index (χ1n) is 8.78. The predicted molar refractivity (Wildman–Crippen MR) is 96.9 cm³/mol. The molecule has 1 aliphatic rings. The molecule has 1 aromatic rings. The first-order valence-corrected chi connectivity index (χ1v) is 8.78. The van der Waals surface area contributed by atoms with Crippen LogP contribution >= 0.6 is 0 Å². The molecule has 1 amide bonds. The second-order valence-electron chi connectivity index (χ2n) is 6.91. The summed E-state index contributed by atoms with van der Waals surface area (Å²) < 4.78 is 10.9. The van der Waals surface area contributed by atoms with Crippen LogP contribution in [0.25, 0.3) is 0 Å². The Balaban J connectivity index is 2.34. The quantitative estimate of drug-likeness (QED) is 0.633. The summed E-state index contributed by atoms with van der Waals surface area (Å²) in [6, 6.07) is 3.27. The van der Waals surface area contributed by atoms with Gasteiger partial charge in [0.2, 0.25) is 0 Å². The van der Waals surface area contributed by atoms with Crippen molar-refractivity contribution in [1.82, 2.24) is 0 Å². The number of anilines is 1. The van der Waals surface area contributed by atoms with Crippen LogP contribution in [0.5, 0.6) is 5.75 Å². The molecule has 1 heterocycles. The zero-order valence-electron chi connectivity index (χ0n) is 15.8. The Labute approximate surface area is 149 Å². The summed E-state index contributed by atoms with van der Waals surface area (Å²) in [4.78, 5) is 25.2. The van der Waals surface area contributed by atoms with Gasteiger partial charge in [0.05, 0.1) is 45.6 Å². The van der Waals surface area contributed by atoms with Gasteiger partial charge in [-0.3, -0.25) is 4.79 Å². The maximum Gasteiger partial charge on any atom is 0.340 e. The Kier molecular flexibility index (Phi) is 6.06. The molecular weight excluding hydrogens is 320 g/mol. The summed E-state index contributed by atoms with van der Waals surface area (Å²) in [5.74, 6) is 0.0127. The molecule has 1 aromatic carbocycles. The van der Waals surface area contributed by atoms with Gasteiger partial charge in [-0.15, -0.1) is 0 Å². The number of benzene rings is 1.